The summed E-state index contributed by atoms with van der Waals surface area (Å²) < 4.78 is 5.50. The van der Waals surface area contributed by atoms with Crippen LogP contribution in [0.5, 0.6) is 0 Å². The Morgan fingerprint density at radius 1 is 1.13 bits per heavy atom. The van der Waals surface area contributed by atoms with Crippen molar-refractivity contribution in [3.05, 3.63) is 48.6 Å². The van der Waals surface area contributed by atoms with Crippen LogP contribution in [0.3, 0.4) is 0 Å². The van der Waals surface area contributed by atoms with Crippen molar-refractivity contribution in [2.24, 2.45) is 17.8 Å². The summed E-state index contributed by atoms with van der Waals surface area (Å²) in [5.74, 6) is -3.61. The molecule has 0 aliphatic rings. The van der Waals surface area contributed by atoms with Crippen molar-refractivity contribution in [3.63, 3.8) is 0 Å². The van der Waals surface area contributed by atoms with Gasteiger partial charge in [-0.1, -0.05) is 50.3 Å². The second-order valence-electron chi connectivity index (χ2n) is 8.99. The molecular weight excluding hydrogens is 382 g/mol. The molecule has 0 saturated carbocycles. The number of rotatable bonds is 11. The number of carbonyl (C=O) groups excluding carboxylic acids is 2. The molecule has 30 heavy (non-hydrogen) atoms. The van der Waals surface area contributed by atoms with Crippen LogP contribution in [0.2, 0.25) is 0 Å². The molecule has 1 aromatic rings. The Morgan fingerprint density at radius 2 is 1.73 bits per heavy atom. The molecule has 0 heterocycles. The summed E-state index contributed by atoms with van der Waals surface area (Å²) in [5.41, 5.74) is 0.163. The number of aliphatic carboxylic acids is 1. The highest BCUT2D eigenvalue weighted by Gasteiger charge is 2.36. The van der Waals surface area contributed by atoms with Gasteiger partial charge in [-0.05, 0) is 45.1 Å². The van der Waals surface area contributed by atoms with Crippen LogP contribution in [0.15, 0.2) is 43.0 Å². The molecule has 1 aromatic carbocycles. The van der Waals surface area contributed by atoms with Crippen LogP contribution in [0.1, 0.15) is 53.0 Å². The van der Waals surface area contributed by atoms with E-state index in [4.69, 9.17) is 4.74 Å². The van der Waals surface area contributed by atoms with Crippen LogP contribution in [-0.4, -0.2) is 34.6 Å². The minimum atomic E-state index is -1.05. The van der Waals surface area contributed by atoms with Gasteiger partial charge in [0.25, 0.3) is 0 Å². The summed E-state index contributed by atoms with van der Waals surface area (Å²) in [6.07, 6.45) is 2.34. The number of hydrogen-bond acceptors (Lipinski definition) is 4. The normalized spacial score (nSPS) is 14.5. The lowest BCUT2D eigenvalue weighted by Gasteiger charge is -2.28. The van der Waals surface area contributed by atoms with E-state index in [-0.39, 0.29) is 18.8 Å². The minimum Gasteiger partial charge on any atom is -0.481 e. The number of carbonyl (C=O) groups is 3. The summed E-state index contributed by atoms with van der Waals surface area (Å²) in [5, 5.41) is 12.4. The van der Waals surface area contributed by atoms with Crippen LogP contribution in [0.4, 0.5) is 0 Å². The van der Waals surface area contributed by atoms with Crippen molar-refractivity contribution in [2.75, 3.05) is 0 Å². The monoisotopic (exact) mass is 417 g/mol. The number of hydrogen-bond donors (Lipinski definition) is 2. The Hall–Kier alpha value is -2.63. The first-order chi connectivity index (χ1) is 13.9. The fourth-order valence-corrected chi connectivity index (χ4v) is 3.27. The van der Waals surface area contributed by atoms with Crippen molar-refractivity contribution in [3.8, 4) is 0 Å². The van der Waals surface area contributed by atoms with Gasteiger partial charge in [-0.3, -0.25) is 9.59 Å². The lowest BCUT2D eigenvalue weighted by molar-refractivity contribution is -0.159. The van der Waals surface area contributed by atoms with E-state index in [0.717, 1.165) is 5.56 Å². The third-order valence-corrected chi connectivity index (χ3v) is 4.58. The van der Waals surface area contributed by atoms with Gasteiger partial charge in [0.1, 0.15) is 11.6 Å². The second-order valence-corrected chi connectivity index (χ2v) is 8.99. The molecule has 0 spiro atoms. The first-order valence-corrected chi connectivity index (χ1v) is 10.4. The van der Waals surface area contributed by atoms with Gasteiger partial charge >= 0.3 is 11.9 Å². The Bertz CT molecular complexity index is 721. The Balaban J connectivity index is 3.15. The standard InChI is InChI=1S/C24H35NO5/c1-7-11-18(22(27)28)19(14-16(2)3)21(26)25-20(23(29)30-24(4,5)6)15-17-12-9-8-10-13-17/h7-10,12-13,16,18-20H,1,11,14-15H2,2-6H3,(H,25,26)(H,27,28)/t18-,19+,20-/m0/s1. The third kappa shape index (κ3) is 8.80. The molecule has 0 unspecified atom stereocenters. The van der Waals surface area contributed by atoms with Gasteiger partial charge in [0.05, 0.1) is 11.8 Å². The highest BCUT2D eigenvalue weighted by atomic mass is 16.6. The molecule has 0 aromatic heterocycles. The molecule has 0 bridgehead atoms. The number of ether oxygens (including phenoxy) is 1. The van der Waals surface area contributed by atoms with Crippen LogP contribution in [0, 0.1) is 17.8 Å². The number of carboxylic acids is 1. The molecule has 6 nitrogen and oxygen atoms in total. The number of esters is 1. The van der Waals surface area contributed by atoms with Gasteiger partial charge in [0, 0.05) is 6.42 Å². The van der Waals surface area contributed by atoms with E-state index in [1.807, 2.05) is 44.2 Å². The fraction of sp³-hybridized carbons (Fsp3) is 0.542. The number of amides is 1. The SMILES string of the molecule is C=CC[C@H](C(=O)O)[C@@H](CC(C)C)C(=O)N[C@@H](Cc1ccccc1)C(=O)OC(C)(C)C. The van der Waals surface area contributed by atoms with Crippen LogP contribution in [-0.2, 0) is 25.5 Å². The molecule has 1 rings (SSSR count). The van der Waals surface area contributed by atoms with E-state index in [1.165, 1.54) is 6.08 Å². The zero-order valence-electron chi connectivity index (χ0n) is 18.7. The van der Waals surface area contributed by atoms with Gasteiger partial charge in [0.2, 0.25) is 5.91 Å². The molecule has 6 heteroatoms. The van der Waals surface area contributed by atoms with Crippen molar-refractivity contribution in [1.29, 1.82) is 0 Å². The van der Waals surface area contributed by atoms with E-state index >= 15 is 0 Å². The third-order valence-electron chi connectivity index (χ3n) is 4.58. The highest BCUT2D eigenvalue weighted by molar-refractivity contribution is 5.89. The molecule has 1 amide bonds. The predicted molar refractivity (Wildman–Crippen MR) is 117 cm³/mol. The maximum atomic E-state index is 13.2. The Kier molecular flexibility index (Phi) is 9.76. The highest BCUT2D eigenvalue weighted by Crippen LogP contribution is 2.25. The van der Waals surface area contributed by atoms with Crippen molar-refractivity contribution in [1.82, 2.24) is 5.32 Å². The summed E-state index contributed by atoms with van der Waals surface area (Å²) in [7, 11) is 0. The van der Waals surface area contributed by atoms with Crippen molar-refractivity contribution >= 4 is 17.8 Å². The average molecular weight is 418 g/mol. The Morgan fingerprint density at radius 3 is 2.20 bits per heavy atom. The minimum absolute atomic E-state index is 0.113. The smallest absolute Gasteiger partial charge is 0.329 e. The van der Waals surface area contributed by atoms with Gasteiger partial charge in [0.15, 0.2) is 0 Å². The second kappa shape index (κ2) is 11.5. The predicted octanol–water partition coefficient (Wildman–Crippen LogP) is 3.99. The van der Waals surface area contributed by atoms with E-state index < -0.39 is 41.3 Å². The van der Waals surface area contributed by atoms with Gasteiger partial charge < -0.3 is 15.2 Å². The number of carboxylic acid groups (broad SMARTS) is 1. The first-order valence-electron chi connectivity index (χ1n) is 10.4. The fourth-order valence-electron chi connectivity index (χ4n) is 3.27. The number of benzene rings is 1. The molecular formula is C24H35NO5. The molecule has 0 saturated heterocycles. The largest absolute Gasteiger partial charge is 0.481 e. The van der Waals surface area contributed by atoms with E-state index in [2.05, 4.69) is 11.9 Å². The summed E-state index contributed by atoms with van der Waals surface area (Å²) in [6, 6.07) is 8.41. The maximum absolute atomic E-state index is 13.2. The zero-order chi connectivity index (χ0) is 22.9. The summed E-state index contributed by atoms with van der Waals surface area (Å²) in [6.45, 7) is 12.8. The molecule has 2 N–H and O–H groups in total. The van der Waals surface area contributed by atoms with E-state index in [9.17, 15) is 19.5 Å². The van der Waals surface area contributed by atoms with Gasteiger partial charge in [-0.15, -0.1) is 6.58 Å². The molecule has 0 fully saturated rings. The molecule has 0 aliphatic heterocycles. The van der Waals surface area contributed by atoms with Crippen LogP contribution >= 0.6 is 0 Å². The number of allylic oxidation sites excluding steroid dienone is 1. The topological polar surface area (TPSA) is 92.7 Å². The maximum Gasteiger partial charge on any atom is 0.329 e. The summed E-state index contributed by atoms with van der Waals surface area (Å²) >= 11 is 0. The van der Waals surface area contributed by atoms with Crippen molar-refractivity contribution < 1.29 is 24.2 Å². The lowest BCUT2D eigenvalue weighted by atomic mass is 9.82. The van der Waals surface area contributed by atoms with Crippen LogP contribution in [0.25, 0.3) is 0 Å². The van der Waals surface area contributed by atoms with Gasteiger partial charge in [-0.2, -0.15) is 0 Å². The van der Waals surface area contributed by atoms with E-state index in [1.54, 1.807) is 20.8 Å². The van der Waals surface area contributed by atoms with Crippen LogP contribution < -0.4 is 5.32 Å². The lowest BCUT2D eigenvalue weighted by Crippen LogP contribution is -2.49. The molecule has 0 aliphatic carbocycles. The molecule has 166 valence electrons. The average Bonchev–Trinajstić information content (AvgIpc) is 2.63. The van der Waals surface area contributed by atoms with Gasteiger partial charge in [-0.25, -0.2) is 4.79 Å². The van der Waals surface area contributed by atoms with Crippen molar-refractivity contribution in [2.45, 2.75) is 65.5 Å². The summed E-state index contributed by atoms with van der Waals surface area (Å²) in [4.78, 5) is 37.8. The Labute approximate surface area is 179 Å². The van der Waals surface area contributed by atoms with E-state index in [0.29, 0.717) is 6.42 Å². The quantitative estimate of drug-likeness (QED) is 0.419. The zero-order valence-corrected chi connectivity index (χ0v) is 18.7. The molecule has 0 radical (unpaired) electrons. The number of nitrogens with one attached hydrogen (secondary N) is 1. The first kappa shape index (κ1) is 25.4. The molecule has 3 atom stereocenters.